The van der Waals surface area contributed by atoms with Crippen LogP contribution in [0, 0.1) is 0 Å². The third-order valence-corrected chi connectivity index (χ3v) is 4.39. The summed E-state index contributed by atoms with van der Waals surface area (Å²) in [5, 5.41) is 10.9. The molecule has 0 amide bonds. The van der Waals surface area contributed by atoms with Crippen LogP contribution in [-0.2, 0) is 24.1 Å². The van der Waals surface area contributed by atoms with Crippen LogP contribution < -0.4 is 10.6 Å². The van der Waals surface area contributed by atoms with E-state index >= 15 is 0 Å². The smallest absolute Gasteiger partial charge is 0.191 e. The Labute approximate surface area is 151 Å². The molecule has 0 spiro atoms. The van der Waals surface area contributed by atoms with Crippen LogP contribution in [0.3, 0.4) is 0 Å². The van der Waals surface area contributed by atoms with Crippen molar-refractivity contribution in [3.63, 3.8) is 0 Å². The second-order valence-corrected chi connectivity index (χ2v) is 6.17. The van der Waals surface area contributed by atoms with Gasteiger partial charge in [0.25, 0.3) is 0 Å². The number of morpholine rings is 1. The molecule has 1 fully saturated rings. The highest BCUT2D eigenvalue weighted by Gasteiger charge is 2.13. The third kappa shape index (κ3) is 6.32. The zero-order valence-corrected chi connectivity index (χ0v) is 15.9. The largest absolute Gasteiger partial charge is 0.379 e. The molecule has 7 nitrogen and oxygen atoms in total. The van der Waals surface area contributed by atoms with Crippen LogP contribution in [0.5, 0.6) is 0 Å². The number of hydrogen-bond donors (Lipinski definition) is 2. The first-order chi connectivity index (χ1) is 12.3. The average Bonchev–Trinajstić information content (AvgIpc) is 3.06. The zero-order valence-electron chi connectivity index (χ0n) is 15.9. The zero-order chi connectivity index (χ0) is 17.9. The molecule has 0 radical (unpaired) electrons. The molecule has 0 aromatic carbocycles. The van der Waals surface area contributed by atoms with Crippen molar-refractivity contribution >= 4 is 5.96 Å². The Balaban J connectivity index is 1.82. The topological polar surface area (TPSA) is 74.9 Å². The molecule has 0 aliphatic carbocycles. The van der Waals surface area contributed by atoms with Crippen LogP contribution in [0.1, 0.15) is 44.2 Å². The van der Waals surface area contributed by atoms with Gasteiger partial charge >= 0.3 is 0 Å². The second-order valence-electron chi connectivity index (χ2n) is 6.17. The summed E-state index contributed by atoms with van der Waals surface area (Å²) < 4.78 is 10.8. The Kier molecular flexibility index (Phi) is 8.76. The lowest BCUT2D eigenvalue weighted by Crippen LogP contribution is -2.40. The lowest BCUT2D eigenvalue weighted by molar-refractivity contribution is 0.0376. The molecule has 0 bridgehead atoms. The Hall–Kier alpha value is -1.60. The molecule has 1 aliphatic heterocycles. The summed E-state index contributed by atoms with van der Waals surface area (Å²) in [5.41, 5.74) is 2.15. The fourth-order valence-corrected chi connectivity index (χ4v) is 2.95. The predicted molar refractivity (Wildman–Crippen MR) is 100.0 cm³/mol. The number of hydrogen-bond acceptors (Lipinski definition) is 5. The minimum absolute atomic E-state index is 0.606. The Morgan fingerprint density at radius 2 is 1.96 bits per heavy atom. The number of rotatable bonds is 9. The van der Waals surface area contributed by atoms with Crippen molar-refractivity contribution in [2.45, 2.75) is 46.6 Å². The number of aryl methyl sites for hydroxylation is 2. The van der Waals surface area contributed by atoms with E-state index in [2.05, 4.69) is 41.5 Å². The normalized spacial score (nSPS) is 16.2. The summed E-state index contributed by atoms with van der Waals surface area (Å²) in [7, 11) is 0. The van der Waals surface area contributed by atoms with E-state index in [1.54, 1.807) is 0 Å². The van der Waals surface area contributed by atoms with Crippen molar-refractivity contribution in [1.29, 1.82) is 0 Å². The quantitative estimate of drug-likeness (QED) is 0.400. The molecule has 0 unspecified atom stereocenters. The highest BCUT2D eigenvalue weighted by molar-refractivity contribution is 5.79. The number of aliphatic imine (C=N–C) groups is 1. The van der Waals surface area contributed by atoms with E-state index in [4.69, 9.17) is 14.3 Å². The number of ether oxygens (including phenoxy) is 1. The summed E-state index contributed by atoms with van der Waals surface area (Å²) >= 11 is 0. The van der Waals surface area contributed by atoms with Crippen molar-refractivity contribution in [3.05, 3.63) is 17.0 Å². The molecule has 7 heteroatoms. The number of nitrogens with one attached hydrogen (secondary N) is 2. The minimum Gasteiger partial charge on any atom is -0.379 e. The van der Waals surface area contributed by atoms with Crippen LogP contribution in [0.15, 0.2) is 9.52 Å². The molecule has 0 saturated carbocycles. The molecule has 1 aromatic rings. The van der Waals surface area contributed by atoms with Gasteiger partial charge < -0.3 is 19.9 Å². The predicted octanol–water partition coefficient (Wildman–Crippen LogP) is 1.58. The van der Waals surface area contributed by atoms with Gasteiger partial charge in [0.2, 0.25) is 0 Å². The van der Waals surface area contributed by atoms with Crippen LogP contribution in [0.2, 0.25) is 0 Å². The first kappa shape index (κ1) is 19.7. The van der Waals surface area contributed by atoms with E-state index in [9.17, 15) is 0 Å². The lowest BCUT2D eigenvalue weighted by Gasteiger charge is -2.26. The fourth-order valence-electron chi connectivity index (χ4n) is 2.95. The molecule has 1 aliphatic rings. The molecule has 25 heavy (non-hydrogen) atoms. The lowest BCUT2D eigenvalue weighted by atomic mass is 10.1. The van der Waals surface area contributed by atoms with Gasteiger partial charge in [-0.05, 0) is 26.3 Å². The molecular formula is C18H33N5O2. The maximum Gasteiger partial charge on any atom is 0.191 e. The molecule has 0 atom stereocenters. The monoisotopic (exact) mass is 351 g/mol. The molecule has 2 heterocycles. The van der Waals surface area contributed by atoms with Gasteiger partial charge in [-0.3, -0.25) is 4.90 Å². The van der Waals surface area contributed by atoms with Gasteiger partial charge in [-0.2, -0.15) is 0 Å². The van der Waals surface area contributed by atoms with Gasteiger partial charge in [0.15, 0.2) is 5.96 Å². The summed E-state index contributed by atoms with van der Waals surface area (Å²) in [6.45, 7) is 13.5. The van der Waals surface area contributed by atoms with Gasteiger partial charge in [-0.1, -0.05) is 19.0 Å². The Morgan fingerprint density at radius 3 is 2.64 bits per heavy atom. The van der Waals surface area contributed by atoms with Crippen LogP contribution >= 0.6 is 0 Å². The van der Waals surface area contributed by atoms with Gasteiger partial charge in [0, 0.05) is 38.2 Å². The summed E-state index contributed by atoms with van der Waals surface area (Å²) in [6.07, 6.45) is 2.82. The molecule has 142 valence electrons. The highest BCUT2D eigenvalue weighted by Crippen LogP contribution is 2.16. The standard InChI is InChI=1S/C18H33N5O2/c1-4-16-15(17(5-2)25-22-16)14-21-18(19-6-3)20-8-7-9-23-10-12-24-13-11-23/h4-14H2,1-3H3,(H2,19,20,21). The fraction of sp³-hybridized carbons (Fsp3) is 0.778. The maximum absolute atomic E-state index is 5.42. The summed E-state index contributed by atoms with van der Waals surface area (Å²) in [4.78, 5) is 7.17. The van der Waals surface area contributed by atoms with Crippen LogP contribution in [-0.4, -0.2) is 62.0 Å². The van der Waals surface area contributed by atoms with E-state index in [0.717, 1.165) is 88.2 Å². The number of nitrogens with zero attached hydrogens (tertiary/aromatic N) is 3. The van der Waals surface area contributed by atoms with Gasteiger partial charge in [0.05, 0.1) is 25.5 Å². The average molecular weight is 351 g/mol. The highest BCUT2D eigenvalue weighted by atomic mass is 16.5. The van der Waals surface area contributed by atoms with Crippen molar-refractivity contribution in [2.75, 3.05) is 45.9 Å². The van der Waals surface area contributed by atoms with Gasteiger partial charge in [-0.15, -0.1) is 0 Å². The van der Waals surface area contributed by atoms with Crippen molar-refractivity contribution < 1.29 is 9.26 Å². The summed E-state index contributed by atoms with van der Waals surface area (Å²) in [5.74, 6) is 1.80. The van der Waals surface area contributed by atoms with E-state index < -0.39 is 0 Å². The molecule has 2 N–H and O–H groups in total. The number of guanidine groups is 1. The second kappa shape index (κ2) is 11.1. The molecule has 1 aromatic heterocycles. The van der Waals surface area contributed by atoms with Crippen LogP contribution in [0.25, 0.3) is 0 Å². The Morgan fingerprint density at radius 1 is 1.16 bits per heavy atom. The Bertz CT molecular complexity index is 502. The first-order valence-corrected chi connectivity index (χ1v) is 9.57. The van der Waals surface area contributed by atoms with Gasteiger partial charge in [-0.25, -0.2) is 4.99 Å². The maximum atomic E-state index is 5.42. The third-order valence-electron chi connectivity index (χ3n) is 4.39. The van der Waals surface area contributed by atoms with E-state index in [1.807, 2.05) is 0 Å². The molecule has 2 rings (SSSR count). The first-order valence-electron chi connectivity index (χ1n) is 9.57. The summed E-state index contributed by atoms with van der Waals surface area (Å²) in [6, 6.07) is 0. The molecule has 1 saturated heterocycles. The SMILES string of the molecule is CCNC(=NCc1c(CC)noc1CC)NCCCN1CCOCC1. The van der Waals surface area contributed by atoms with Crippen molar-refractivity contribution in [3.8, 4) is 0 Å². The van der Waals surface area contributed by atoms with Crippen molar-refractivity contribution in [2.24, 2.45) is 4.99 Å². The minimum atomic E-state index is 0.606. The van der Waals surface area contributed by atoms with E-state index in [-0.39, 0.29) is 0 Å². The van der Waals surface area contributed by atoms with Crippen molar-refractivity contribution in [1.82, 2.24) is 20.7 Å². The van der Waals surface area contributed by atoms with Gasteiger partial charge in [0.1, 0.15) is 5.76 Å². The van der Waals surface area contributed by atoms with Crippen LogP contribution in [0.4, 0.5) is 0 Å². The number of aromatic nitrogens is 1. The molecular weight excluding hydrogens is 318 g/mol. The van der Waals surface area contributed by atoms with E-state index in [0.29, 0.717) is 6.54 Å². The van der Waals surface area contributed by atoms with E-state index in [1.165, 1.54) is 0 Å².